The molecule has 0 bridgehead atoms. The fourth-order valence-corrected chi connectivity index (χ4v) is 3.20. The number of anilines is 1. The van der Waals surface area contributed by atoms with Gasteiger partial charge < -0.3 is 10.1 Å². The number of amides is 1. The van der Waals surface area contributed by atoms with Crippen LogP contribution in [0.15, 0.2) is 96.1 Å². The Morgan fingerprint density at radius 2 is 1.66 bits per heavy atom. The van der Waals surface area contributed by atoms with E-state index >= 15 is 0 Å². The summed E-state index contributed by atoms with van der Waals surface area (Å²) in [6.07, 6.45) is 1.56. The van der Waals surface area contributed by atoms with Gasteiger partial charge in [0.2, 0.25) is 0 Å². The first kappa shape index (κ1) is 21.1. The smallest absolute Gasteiger partial charge is 0.259 e. The zero-order valence-electron chi connectivity index (χ0n) is 17.3. The summed E-state index contributed by atoms with van der Waals surface area (Å²) in [6, 6.07) is 27.7. The van der Waals surface area contributed by atoms with E-state index in [1.165, 1.54) is 22.9 Å². The van der Waals surface area contributed by atoms with E-state index in [2.05, 4.69) is 40.1 Å². The quantitative estimate of drug-likeness (QED) is 0.303. The number of halogens is 1. The molecule has 4 rings (SSSR count). The molecular weight excluding hydrogens is 405 g/mol. The Hall–Kier alpha value is -4.19. The van der Waals surface area contributed by atoms with Crippen molar-refractivity contribution in [1.29, 1.82) is 0 Å². The Morgan fingerprint density at radius 3 is 2.47 bits per heavy atom. The maximum Gasteiger partial charge on any atom is 0.259 e. The van der Waals surface area contributed by atoms with Crippen molar-refractivity contribution in [3.8, 4) is 5.75 Å². The van der Waals surface area contributed by atoms with Crippen molar-refractivity contribution in [2.45, 2.75) is 6.61 Å². The highest BCUT2D eigenvalue weighted by atomic mass is 19.1. The summed E-state index contributed by atoms with van der Waals surface area (Å²) in [5.74, 6) is 0.123. The maximum absolute atomic E-state index is 12.9. The summed E-state index contributed by atoms with van der Waals surface area (Å²) in [4.78, 5) is 11.9. The molecule has 0 heterocycles. The van der Waals surface area contributed by atoms with Crippen LogP contribution in [0, 0.1) is 5.82 Å². The summed E-state index contributed by atoms with van der Waals surface area (Å²) in [7, 11) is 0. The first-order valence-electron chi connectivity index (χ1n) is 10.2. The summed E-state index contributed by atoms with van der Waals surface area (Å²) in [5.41, 5.74) is 5.07. The first-order valence-corrected chi connectivity index (χ1v) is 10.2. The summed E-state index contributed by atoms with van der Waals surface area (Å²) < 4.78 is 18.8. The maximum atomic E-state index is 12.9. The SMILES string of the molecule is O=C(CNc1ccc(F)cc1)N/N=C\c1ccc(OCc2cccc3ccccc23)cc1. The van der Waals surface area contributed by atoms with Crippen molar-refractivity contribution in [1.82, 2.24) is 5.43 Å². The second-order valence-corrected chi connectivity index (χ2v) is 7.15. The molecule has 0 aliphatic rings. The van der Waals surface area contributed by atoms with Gasteiger partial charge in [0.1, 0.15) is 18.2 Å². The van der Waals surface area contributed by atoms with E-state index in [4.69, 9.17) is 4.74 Å². The van der Waals surface area contributed by atoms with Crippen molar-refractivity contribution in [3.63, 3.8) is 0 Å². The minimum absolute atomic E-state index is 0.0317. The third-order valence-corrected chi connectivity index (χ3v) is 4.85. The first-order chi connectivity index (χ1) is 15.7. The Bertz CT molecular complexity index is 1220. The second-order valence-electron chi connectivity index (χ2n) is 7.15. The van der Waals surface area contributed by atoms with Crippen LogP contribution in [0.5, 0.6) is 5.75 Å². The topological polar surface area (TPSA) is 62.7 Å². The zero-order valence-corrected chi connectivity index (χ0v) is 17.3. The van der Waals surface area contributed by atoms with Crippen LogP contribution in [0.1, 0.15) is 11.1 Å². The van der Waals surface area contributed by atoms with Crippen molar-refractivity contribution >= 4 is 28.6 Å². The second kappa shape index (κ2) is 10.2. The molecule has 0 unspecified atom stereocenters. The molecular formula is C26H22FN3O2. The Kier molecular flexibility index (Phi) is 6.72. The van der Waals surface area contributed by atoms with E-state index in [1.807, 2.05) is 42.5 Å². The molecule has 0 aliphatic carbocycles. The number of hydrogen-bond donors (Lipinski definition) is 2. The number of hydrogen-bond acceptors (Lipinski definition) is 4. The van der Waals surface area contributed by atoms with Crippen LogP contribution < -0.4 is 15.5 Å². The summed E-state index contributed by atoms with van der Waals surface area (Å²) in [5, 5.41) is 9.23. The molecule has 0 saturated carbocycles. The van der Waals surface area contributed by atoms with Gasteiger partial charge in [0.05, 0.1) is 12.8 Å². The highest BCUT2D eigenvalue weighted by molar-refractivity contribution is 5.86. The van der Waals surface area contributed by atoms with Gasteiger partial charge in [-0.25, -0.2) is 9.82 Å². The molecule has 32 heavy (non-hydrogen) atoms. The van der Waals surface area contributed by atoms with Gasteiger partial charge in [-0.15, -0.1) is 0 Å². The molecule has 4 aromatic carbocycles. The molecule has 0 aromatic heterocycles. The van der Waals surface area contributed by atoms with Crippen molar-refractivity contribution in [2.24, 2.45) is 5.10 Å². The molecule has 0 spiro atoms. The van der Waals surface area contributed by atoms with Crippen LogP contribution in [-0.2, 0) is 11.4 Å². The minimum atomic E-state index is -0.324. The number of nitrogens with zero attached hydrogens (tertiary/aromatic N) is 1. The van der Waals surface area contributed by atoms with Crippen LogP contribution in [0.4, 0.5) is 10.1 Å². The van der Waals surface area contributed by atoms with Gasteiger partial charge in [-0.3, -0.25) is 4.79 Å². The van der Waals surface area contributed by atoms with Crippen LogP contribution in [0.25, 0.3) is 10.8 Å². The Balaban J connectivity index is 1.25. The van der Waals surface area contributed by atoms with Crippen LogP contribution in [-0.4, -0.2) is 18.7 Å². The van der Waals surface area contributed by atoms with E-state index in [-0.39, 0.29) is 18.3 Å². The van der Waals surface area contributed by atoms with Gasteiger partial charge >= 0.3 is 0 Å². The number of carbonyl (C=O) groups is 1. The van der Waals surface area contributed by atoms with E-state index < -0.39 is 0 Å². The fraction of sp³-hybridized carbons (Fsp3) is 0.0769. The average molecular weight is 427 g/mol. The number of ether oxygens (including phenoxy) is 1. The number of benzene rings is 4. The van der Waals surface area contributed by atoms with Crippen molar-refractivity contribution in [3.05, 3.63) is 108 Å². The third kappa shape index (κ3) is 5.70. The number of fused-ring (bicyclic) bond motifs is 1. The Labute approximate surface area is 185 Å². The Morgan fingerprint density at radius 1 is 0.906 bits per heavy atom. The van der Waals surface area contributed by atoms with Crippen LogP contribution in [0.2, 0.25) is 0 Å². The van der Waals surface area contributed by atoms with E-state index in [9.17, 15) is 9.18 Å². The molecule has 0 radical (unpaired) electrons. The lowest BCUT2D eigenvalue weighted by Gasteiger charge is -2.09. The van der Waals surface area contributed by atoms with Crippen molar-refractivity contribution in [2.75, 3.05) is 11.9 Å². The van der Waals surface area contributed by atoms with E-state index in [0.717, 1.165) is 16.9 Å². The van der Waals surface area contributed by atoms with Gasteiger partial charge in [0.15, 0.2) is 0 Å². The molecule has 1 amide bonds. The fourth-order valence-electron chi connectivity index (χ4n) is 3.20. The minimum Gasteiger partial charge on any atom is -0.489 e. The summed E-state index contributed by atoms with van der Waals surface area (Å²) in [6.45, 7) is 0.510. The molecule has 0 saturated heterocycles. The monoisotopic (exact) mass is 427 g/mol. The van der Waals surface area contributed by atoms with E-state index in [1.54, 1.807) is 18.3 Å². The molecule has 0 fully saturated rings. The average Bonchev–Trinajstić information content (AvgIpc) is 2.83. The standard InChI is InChI=1S/C26H22FN3O2/c27-22-10-12-23(13-11-22)28-17-26(31)30-29-16-19-8-14-24(15-9-19)32-18-21-6-3-5-20-4-1-2-7-25(20)21/h1-16,28H,17-18H2,(H,30,31)/b29-16-. The van der Waals surface area contributed by atoms with Crippen LogP contribution >= 0.6 is 0 Å². The molecule has 0 aliphatic heterocycles. The lowest BCUT2D eigenvalue weighted by atomic mass is 10.1. The molecule has 2 N–H and O–H groups in total. The number of hydrazone groups is 1. The lowest BCUT2D eigenvalue weighted by molar-refractivity contribution is -0.119. The predicted molar refractivity (Wildman–Crippen MR) is 125 cm³/mol. The summed E-state index contributed by atoms with van der Waals surface area (Å²) >= 11 is 0. The number of nitrogens with one attached hydrogen (secondary N) is 2. The number of carbonyl (C=O) groups excluding carboxylic acids is 1. The lowest BCUT2D eigenvalue weighted by Crippen LogP contribution is -2.25. The van der Waals surface area contributed by atoms with Crippen molar-refractivity contribution < 1.29 is 13.9 Å². The molecule has 5 nitrogen and oxygen atoms in total. The van der Waals surface area contributed by atoms with Crippen LogP contribution in [0.3, 0.4) is 0 Å². The van der Waals surface area contributed by atoms with Gasteiger partial charge in [-0.1, -0.05) is 42.5 Å². The largest absolute Gasteiger partial charge is 0.489 e. The highest BCUT2D eigenvalue weighted by Crippen LogP contribution is 2.21. The molecule has 6 heteroatoms. The van der Waals surface area contributed by atoms with E-state index in [0.29, 0.717) is 12.3 Å². The van der Waals surface area contributed by atoms with Gasteiger partial charge in [0, 0.05) is 5.69 Å². The highest BCUT2D eigenvalue weighted by Gasteiger charge is 2.02. The normalized spacial score (nSPS) is 10.9. The van der Waals surface area contributed by atoms with Gasteiger partial charge in [0.25, 0.3) is 5.91 Å². The molecule has 160 valence electrons. The third-order valence-electron chi connectivity index (χ3n) is 4.85. The van der Waals surface area contributed by atoms with Gasteiger partial charge in [-0.2, -0.15) is 5.10 Å². The number of rotatable bonds is 8. The molecule has 0 atom stereocenters. The predicted octanol–water partition coefficient (Wildman–Crippen LogP) is 5.12. The van der Waals surface area contributed by atoms with Gasteiger partial charge in [-0.05, 0) is 70.4 Å². The zero-order chi connectivity index (χ0) is 22.2. The molecule has 4 aromatic rings.